The van der Waals surface area contributed by atoms with Crippen molar-refractivity contribution >= 4 is 0 Å². The summed E-state index contributed by atoms with van der Waals surface area (Å²) >= 11 is 0. The van der Waals surface area contributed by atoms with Crippen LogP contribution in [0.3, 0.4) is 0 Å². The van der Waals surface area contributed by atoms with Gasteiger partial charge in [0.2, 0.25) is 0 Å². The van der Waals surface area contributed by atoms with E-state index in [0.29, 0.717) is 6.92 Å². The van der Waals surface area contributed by atoms with Gasteiger partial charge in [0.1, 0.15) is 6.10 Å². The van der Waals surface area contributed by atoms with E-state index < -0.39 is 30.5 Å². The summed E-state index contributed by atoms with van der Waals surface area (Å²) in [5.74, 6) is -8.74. The van der Waals surface area contributed by atoms with Crippen LogP contribution in [-0.2, 0) is 4.74 Å². The average molecular weight is 208 g/mol. The maximum Gasteiger partial charge on any atom is 0.420 e. The molecule has 0 N–H and O–H groups in total. The predicted molar refractivity (Wildman–Crippen MR) is 30.0 cm³/mol. The number of alkyl halides is 6. The maximum atomic E-state index is 12.5. The predicted octanol–water partition coefficient (Wildman–Crippen LogP) is 2.66. The molecular weight excluding hydrogens is 202 g/mol. The van der Waals surface area contributed by atoms with Crippen LogP contribution in [0.4, 0.5) is 26.3 Å². The van der Waals surface area contributed by atoms with Gasteiger partial charge in [0.25, 0.3) is 5.92 Å². The van der Waals surface area contributed by atoms with Crippen LogP contribution in [0.2, 0.25) is 0 Å². The molecule has 7 heteroatoms. The smallest absolute Gasteiger partial charge is 0.306 e. The van der Waals surface area contributed by atoms with Gasteiger partial charge >= 0.3 is 12.0 Å². The first-order valence-corrected chi connectivity index (χ1v) is 3.40. The van der Waals surface area contributed by atoms with E-state index in [2.05, 4.69) is 4.74 Å². The van der Waals surface area contributed by atoms with Crippen LogP contribution in [0.25, 0.3) is 0 Å². The second-order valence-electron chi connectivity index (χ2n) is 2.92. The molecule has 13 heavy (non-hydrogen) atoms. The van der Waals surface area contributed by atoms with Crippen molar-refractivity contribution < 1.29 is 31.1 Å². The highest BCUT2D eigenvalue weighted by atomic mass is 19.3. The quantitative estimate of drug-likeness (QED) is 0.556. The van der Waals surface area contributed by atoms with Crippen molar-refractivity contribution in [2.75, 3.05) is 0 Å². The topological polar surface area (TPSA) is 9.23 Å². The van der Waals surface area contributed by atoms with Crippen molar-refractivity contribution in [3.63, 3.8) is 0 Å². The first kappa shape index (κ1) is 10.6. The Hall–Kier alpha value is -0.460. The summed E-state index contributed by atoms with van der Waals surface area (Å²) in [5, 5.41) is 0. The minimum Gasteiger partial charge on any atom is -0.306 e. The van der Waals surface area contributed by atoms with Crippen molar-refractivity contribution in [3.8, 4) is 0 Å². The maximum absolute atomic E-state index is 12.5. The summed E-state index contributed by atoms with van der Waals surface area (Å²) < 4.78 is 77.4. The molecule has 0 aromatic carbocycles. The normalized spacial score (nSPS) is 35.8. The van der Waals surface area contributed by atoms with E-state index in [1.807, 2.05) is 0 Å². The molecule has 0 aromatic rings. The summed E-state index contributed by atoms with van der Waals surface area (Å²) in [6, 6.07) is 0. The van der Waals surface area contributed by atoms with Gasteiger partial charge in [-0.1, -0.05) is 0 Å². The molecule has 0 radical (unpaired) electrons. The number of halogens is 6. The van der Waals surface area contributed by atoms with E-state index >= 15 is 0 Å². The second kappa shape index (κ2) is 2.52. The Morgan fingerprint density at radius 2 is 1.54 bits per heavy atom. The summed E-state index contributed by atoms with van der Waals surface area (Å²) in [6.07, 6.45) is -9.20. The molecular formula is C6H6F6O. The van der Waals surface area contributed by atoms with Crippen molar-refractivity contribution in [2.45, 2.75) is 37.4 Å². The van der Waals surface area contributed by atoms with Crippen LogP contribution >= 0.6 is 0 Å². The van der Waals surface area contributed by atoms with Gasteiger partial charge in [0.15, 0.2) is 0 Å². The average Bonchev–Trinajstić information content (AvgIpc) is 1.80. The van der Waals surface area contributed by atoms with Crippen LogP contribution in [0.15, 0.2) is 0 Å². The van der Waals surface area contributed by atoms with E-state index in [1.54, 1.807) is 0 Å². The van der Waals surface area contributed by atoms with Crippen LogP contribution in [0.5, 0.6) is 0 Å². The van der Waals surface area contributed by atoms with Gasteiger partial charge < -0.3 is 4.74 Å². The van der Waals surface area contributed by atoms with Crippen molar-refractivity contribution in [3.05, 3.63) is 0 Å². The zero-order chi connectivity index (χ0) is 10.5. The third-order valence-electron chi connectivity index (χ3n) is 1.80. The number of ether oxygens (including phenoxy) is 1. The lowest BCUT2D eigenvalue weighted by Gasteiger charge is -2.38. The van der Waals surface area contributed by atoms with Gasteiger partial charge in [0, 0.05) is 0 Å². The van der Waals surface area contributed by atoms with Crippen LogP contribution in [0.1, 0.15) is 13.3 Å². The molecule has 1 saturated heterocycles. The van der Waals surface area contributed by atoms with E-state index in [4.69, 9.17) is 0 Å². The molecule has 0 aliphatic carbocycles. The Labute approximate surface area is 69.7 Å². The molecule has 0 spiro atoms. The third kappa shape index (κ3) is 1.61. The molecule has 0 saturated carbocycles. The van der Waals surface area contributed by atoms with Crippen molar-refractivity contribution in [2.24, 2.45) is 0 Å². The molecule has 1 heterocycles. The molecule has 1 fully saturated rings. The Morgan fingerprint density at radius 1 is 1.08 bits per heavy atom. The monoisotopic (exact) mass is 208 g/mol. The van der Waals surface area contributed by atoms with Gasteiger partial charge in [0.05, 0.1) is 6.42 Å². The van der Waals surface area contributed by atoms with Crippen LogP contribution in [0, 0.1) is 0 Å². The summed E-state index contributed by atoms with van der Waals surface area (Å²) in [5.41, 5.74) is 0. The highest BCUT2D eigenvalue weighted by Gasteiger charge is 2.68. The van der Waals surface area contributed by atoms with Crippen molar-refractivity contribution in [1.29, 1.82) is 0 Å². The molecule has 1 rings (SSSR count). The molecule has 78 valence electrons. The zero-order valence-corrected chi connectivity index (χ0v) is 6.46. The summed E-state index contributed by atoms with van der Waals surface area (Å²) in [7, 11) is 0. The number of hydrogen-bond donors (Lipinski definition) is 0. The van der Waals surface area contributed by atoms with E-state index in [0.717, 1.165) is 0 Å². The van der Waals surface area contributed by atoms with Crippen LogP contribution in [-0.4, -0.2) is 24.1 Å². The lowest BCUT2D eigenvalue weighted by Crippen LogP contribution is -2.57. The zero-order valence-electron chi connectivity index (χ0n) is 6.46. The minimum atomic E-state index is -4.82. The van der Waals surface area contributed by atoms with Gasteiger partial charge in [-0.3, -0.25) is 0 Å². The first-order valence-electron chi connectivity index (χ1n) is 3.40. The first-order chi connectivity index (χ1) is 5.58. The molecule has 1 aliphatic rings. The Bertz CT molecular complexity index is 213. The summed E-state index contributed by atoms with van der Waals surface area (Å²) in [6.45, 7) is 0.628. The largest absolute Gasteiger partial charge is 0.420 e. The number of hydrogen-bond acceptors (Lipinski definition) is 1. The second-order valence-corrected chi connectivity index (χ2v) is 2.92. The lowest BCUT2D eigenvalue weighted by molar-refractivity contribution is -0.418. The lowest BCUT2D eigenvalue weighted by atomic mass is 10.0. The molecule has 1 aliphatic heterocycles. The summed E-state index contributed by atoms with van der Waals surface area (Å²) in [4.78, 5) is 0. The Kier molecular flexibility index (Phi) is 2.06. The Morgan fingerprint density at radius 3 is 1.92 bits per heavy atom. The highest BCUT2D eigenvalue weighted by Crippen LogP contribution is 2.49. The van der Waals surface area contributed by atoms with E-state index in [9.17, 15) is 26.3 Å². The fraction of sp³-hybridized carbons (Fsp3) is 1.00. The Balaban J connectivity index is 2.93. The molecule has 0 amide bonds. The van der Waals surface area contributed by atoms with E-state index in [-0.39, 0.29) is 0 Å². The molecule has 0 bridgehead atoms. The molecule has 1 nitrogen and oxygen atoms in total. The standard InChI is InChI=1S/C6H6F6O/c1-3-4(7,8)2-5(9,10)6(11,12)13-3/h3H,2H2,1H3. The van der Waals surface area contributed by atoms with Gasteiger partial charge in [-0.15, -0.1) is 0 Å². The van der Waals surface area contributed by atoms with Crippen LogP contribution < -0.4 is 0 Å². The third-order valence-corrected chi connectivity index (χ3v) is 1.80. The number of rotatable bonds is 0. The molecule has 1 atom stereocenters. The van der Waals surface area contributed by atoms with Gasteiger partial charge in [-0.2, -0.15) is 17.6 Å². The fourth-order valence-electron chi connectivity index (χ4n) is 0.937. The van der Waals surface area contributed by atoms with E-state index in [1.165, 1.54) is 0 Å². The van der Waals surface area contributed by atoms with Gasteiger partial charge in [-0.05, 0) is 6.92 Å². The SMILES string of the molecule is CC1OC(F)(F)C(F)(F)CC1(F)F. The molecule has 1 unspecified atom stereocenters. The van der Waals surface area contributed by atoms with Gasteiger partial charge in [-0.25, -0.2) is 8.78 Å². The van der Waals surface area contributed by atoms with Crippen molar-refractivity contribution in [1.82, 2.24) is 0 Å². The molecule has 0 aromatic heterocycles. The minimum absolute atomic E-state index is 0.628. The fourth-order valence-corrected chi connectivity index (χ4v) is 0.937. The highest BCUT2D eigenvalue weighted by molar-refractivity contribution is 4.93.